The van der Waals surface area contributed by atoms with Gasteiger partial charge in [0.2, 0.25) is 0 Å². The third-order valence-corrected chi connectivity index (χ3v) is 6.61. The summed E-state index contributed by atoms with van der Waals surface area (Å²) in [5.41, 5.74) is 2.98. The van der Waals surface area contributed by atoms with E-state index in [1.54, 1.807) is 4.68 Å². The summed E-state index contributed by atoms with van der Waals surface area (Å²) in [4.78, 5) is 15.4. The quantitative estimate of drug-likeness (QED) is 0.669. The van der Waals surface area contributed by atoms with Crippen LogP contribution in [0.25, 0.3) is 11.4 Å². The van der Waals surface area contributed by atoms with Gasteiger partial charge in [-0.15, -0.1) is 10.2 Å². The minimum Gasteiger partial charge on any atom is -0.349 e. The van der Waals surface area contributed by atoms with Crippen molar-refractivity contribution in [2.75, 3.05) is 13.1 Å². The molecule has 1 aromatic carbocycles. The Kier molecular flexibility index (Phi) is 6.03. The number of aromatic nitrogens is 5. The molecule has 1 unspecified atom stereocenters. The molecule has 1 saturated heterocycles. The molecule has 8 heteroatoms. The van der Waals surface area contributed by atoms with Crippen molar-refractivity contribution < 1.29 is 4.79 Å². The van der Waals surface area contributed by atoms with Gasteiger partial charge in [-0.05, 0) is 56.5 Å². The first-order valence-electron chi connectivity index (χ1n) is 11.7. The van der Waals surface area contributed by atoms with Crippen LogP contribution in [0, 0.1) is 0 Å². The predicted octanol–water partition coefficient (Wildman–Crippen LogP) is 2.80. The maximum absolute atomic E-state index is 12.9. The standard InChI is InChI=1S/C24H31N7O/c1-29-17-20(15-25-29)23-28-27-22-10-9-21(11-14-31(22)23)26-24(32)19-7-5-18(6-8-19)16-30-12-3-2-4-13-30/h5-8,15,17,21H,2-4,9-14,16H2,1H3,(H,26,32). The van der Waals surface area contributed by atoms with E-state index in [4.69, 9.17) is 0 Å². The minimum atomic E-state index is 0.00432. The molecule has 1 fully saturated rings. The van der Waals surface area contributed by atoms with Crippen LogP contribution in [-0.2, 0) is 26.6 Å². The molecule has 32 heavy (non-hydrogen) atoms. The van der Waals surface area contributed by atoms with Crippen LogP contribution >= 0.6 is 0 Å². The van der Waals surface area contributed by atoms with E-state index in [2.05, 4.69) is 42.2 Å². The highest BCUT2D eigenvalue weighted by Crippen LogP contribution is 2.22. The number of fused-ring (bicyclic) bond motifs is 1. The average Bonchev–Trinajstić information content (AvgIpc) is 3.37. The fourth-order valence-electron chi connectivity index (χ4n) is 4.79. The molecule has 2 aliphatic heterocycles. The number of aryl methyl sites for hydroxylation is 2. The predicted molar refractivity (Wildman–Crippen MR) is 122 cm³/mol. The van der Waals surface area contributed by atoms with Crippen LogP contribution in [0.5, 0.6) is 0 Å². The largest absolute Gasteiger partial charge is 0.349 e. The van der Waals surface area contributed by atoms with Crippen LogP contribution in [0.15, 0.2) is 36.7 Å². The second-order valence-corrected chi connectivity index (χ2v) is 9.03. The molecule has 1 atom stereocenters. The van der Waals surface area contributed by atoms with E-state index in [1.165, 1.54) is 37.9 Å². The molecule has 168 valence electrons. The maximum Gasteiger partial charge on any atom is 0.251 e. The summed E-state index contributed by atoms with van der Waals surface area (Å²) >= 11 is 0. The number of nitrogens with one attached hydrogen (secondary N) is 1. The number of likely N-dealkylation sites (tertiary alicyclic amines) is 1. The number of piperidine rings is 1. The van der Waals surface area contributed by atoms with Crippen LogP contribution < -0.4 is 5.32 Å². The van der Waals surface area contributed by atoms with Crippen molar-refractivity contribution in [1.82, 2.24) is 34.8 Å². The number of nitrogens with zero attached hydrogens (tertiary/aromatic N) is 6. The molecule has 8 nitrogen and oxygen atoms in total. The van der Waals surface area contributed by atoms with Gasteiger partial charge in [0.05, 0.1) is 11.8 Å². The van der Waals surface area contributed by atoms with Gasteiger partial charge in [0, 0.05) is 44.4 Å². The zero-order valence-corrected chi connectivity index (χ0v) is 18.7. The van der Waals surface area contributed by atoms with Crippen LogP contribution in [0.4, 0.5) is 0 Å². The van der Waals surface area contributed by atoms with Crippen molar-refractivity contribution in [3.05, 3.63) is 53.6 Å². The second-order valence-electron chi connectivity index (χ2n) is 9.03. The number of amides is 1. The first-order chi connectivity index (χ1) is 15.7. The number of hydrogen-bond donors (Lipinski definition) is 1. The zero-order chi connectivity index (χ0) is 21.9. The van der Waals surface area contributed by atoms with Gasteiger partial charge in [-0.2, -0.15) is 5.10 Å². The maximum atomic E-state index is 12.9. The zero-order valence-electron chi connectivity index (χ0n) is 18.7. The van der Waals surface area contributed by atoms with Crippen LogP contribution in [0.3, 0.4) is 0 Å². The van der Waals surface area contributed by atoms with Crippen LogP contribution in [-0.4, -0.2) is 54.5 Å². The van der Waals surface area contributed by atoms with Gasteiger partial charge in [-0.1, -0.05) is 18.6 Å². The van der Waals surface area contributed by atoms with Gasteiger partial charge in [0.1, 0.15) is 5.82 Å². The van der Waals surface area contributed by atoms with Gasteiger partial charge in [-0.3, -0.25) is 14.4 Å². The molecule has 0 saturated carbocycles. The summed E-state index contributed by atoms with van der Waals surface area (Å²) in [5.74, 6) is 1.83. The van der Waals surface area contributed by atoms with Crippen molar-refractivity contribution in [2.45, 2.75) is 57.7 Å². The van der Waals surface area contributed by atoms with E-state index in [9.17, 15) is 4.79 Å². The molecular weight excluding hydrogens is 402 g/mol. The Bertz CT molecular complexity index is 1060. The third kappa shape index (κ3) is 4.60. The summed E-state index contributed by atoms with van der Waals surface area (Å²) in [7, 11) is 1.90. The van der Waals surface area contributed by atoms with E-state index in [-0.39, 0.29) is 11.9 Å². The summed E-state index contributed by atoms with van der Waals surface area (Å²) in [5, 5.41) is 16.3. The van der Waals surface area contributed by atoms with Crippen molar-refractivity contribution >= 4 is 5.91 Å². The summed E-state index contributed by atoms with van der Waals surface area (Å²) in [6, 6.07) is 8.23. The number of hydrogen-bond acceptors (Lipinski definition) is 5. The molecule has 1 amide bonds. The van der Waals surface area contributed by atoms with E-state index in [0.29, 0.717) is 0 Å². The van der Waals surface area contributed by atoms with E-state index < -0.39 is 0 Å². The Labute approximate surface area is 188 Å². The topological polar surface area (TPSA) is 80.9 Å². The normalized spacial score (nSPS) is 19.3. The van der Waals surface area contributed by atoms with Crippen molar-refractivity contribution in [1.29, 1.82) is 0 Å². The van der Waals surface area contributed by atoms with Crippen molar-refractivity contribution in [3.8, 4) is 11.4 Å². The van der Waals surface area contributed by atoms with Crippen LogP contribution in [0.1, 0.15) is 53.8 Å². The van der Waals surface area contributed by atoms with Crippen LogP contribution in [0.2, 0.25) is 0 Å². The number of benzene rings is 1. The Morgan fingerprint density at radius 3 is 2.62 bits per heavy atom. The fourth-order valence-corrected chi connectivity index (χ4v) is 4.79. The molecule has 0 aliphatic carbocycles. The van der Waals surface area contributed by atoms with E-state index >= 15 is 0 Å². The Balaban J connectivity index is 1.18. The van der Waals surface area contributed by atoms with Crippen molar-refractivity contribution in [2.24, 2.45) is 7.05 Å². The van der Waals surface area contributed by atoms with Gasteiger partial charge in [0.25, 0.3) is 5.91 Å². The fraction of sp³-hybridized carbons (Fsp3) is 0.500. The SMILES string of the molecule is Cn1cc(-c2nnc3n2CCC(NC(=O)c2ccc(CN4CCCCC4)cc2)CC3)cn1. The smallest absolute Gasteiger partial charge is 0.251 e. The lowest BCUT2D eigenvalue weighted by Crippen LogP contribution is -2.35. The lowest BCUT2D eigenvalue weighted by molar-refractivity contribution is 0.0933. The minimum absolute atomic E-state index is 0.00432. The molecule has 4 heterocycles. The Morgan fingerprint density at radius 2 is 1.88 bits per heavy atom. The summed E-state index contributed by atoms with van der Waals surface area (Å²) < 4.78 is 3.94. The Morgan fingerprint density at radius 1 is 1.06 bits per heavy atom. The highest BCUT2D eigenvalue weighted by molar-refractivity contribution is 5.94. The molecule has 2 aromatic heterocycles. The third-order valence-electron chi connectivity index (χ3n) is 6.61. The highest BCUT2D eigenvalue weighted by Gasteiger charge is 2.23. The molecule has 3 aromatic rings. The second kappa shape index (κ2) is 9.24. The van der Waals surface area contributed by atoms with Gasteiger partial charge < -0.3 is 9.88 Å². The first-order valence-corrected chi connectivity index (χ1v) is 11.7. The van der Waals surface area contributed by atoms with E-state index in [1.807, 2.05) is 31.6 Å². The van der Waals surface area contributed by atoms with E-state index in [0.717, 1.165) is 55.1 Å². The van der Waals surface area contributed by atoms with Gasteiger partial charge in [0.15, 0.2) is 5.82 Å². The lowest BCUT2D eigenvalue weighted by Gasteiger charge is -2.26. The van der Waals surface area contributed by atoms with Gasteiger partial charge >= 0.3 is 0 Å². The Hall–Kier alpha value is -3.00. The molecular formula is C24H31N7O. The highest BCUT2D eigenvalue weighted by atomic mass is 16.1. The molecule has 5 rings (SSSR count). The monoisotopic (exact) mass is 433 g/mol. The molecule has 2 aliphatic rings. The molecule has 0 bridgehead atoms. The number of rotatable bonds is 5. The molecule has 0 radical (unpaired) electrons. The lowest BCUT2D eigenvalue weighted by atomic mass is 10.1. The summed E-state index contributed by atoms with van der Waals surface area (Å²) in [6.07, 6.45) is 10.2. The first kappa shape index (κ1) is 20.9. The molecule has 0 spiro atoms. The molecule has 1 N–H and O–H groups in total. The van der Waals surface area contributed by atoms with Crippen molar-refractivity contribution in [3.63, 3.8) is 0 Å². The number of carbonyl (C=O) groups is 1. The summed E-state index contributed by atoms with van der Waals surface area (Å²) in [6.45, 7) is 4.12. The number of carbonyl (C=O) groups excluding carboxylic acids is 1. The average molecular weight is 434 g/mol. The van der Waals surface area contributed by atoms with Gasteiger partial charge in [-0.25, -0.2) is 0 Å².